The largest absolute Gasteiger partial charge is 0.473 e. The number of hydrogen-bond donors (Lipinski definition) is 0. The van der Waals surface area contributed by atoms with Crippen LogP contribution in [0.3, 0.4) is 0 Å². The number of pyridine rings is 1. The first-order valence-corrected chi connectivity index (χ1v) is 8.10. The molecule has 0 aliphatic rings. The van der Waals surface area contributed by atoms with Crippen molar-refractivity contribution in [2.75, 3.05) is 13.2 Å². The maximum absolute atomic E-state index is 10.7. The monoisotopic (exact) mass is 337 g/mol. The highest BCUT2D eigenvalue weighted by Gasteiger charge is 2.08. The summed E-state index contributed by atoms with van der Waals surface area (Å²) >= 11 is 7.60. The van der Waals surface area contributed by atoms with Crippen LogP contribution in [-0.4, -0.2) is 24.2 Å². The average Bonchev–Trinajstić information content (AvgIpc) is 2.52. The van der Waals surface area contributed by atoms with Crippen molar-refractivity contribution in [3.8, 4) is 5.88 Å². The zero-order chi connectivity index (χ0) is 15.8. The molecule has 2 aromatic rings. The van der Waals surface area contributed by atoms with Crippen LogP contribution < -0.4 is 4.74 Å². The van der Waals surface area contributed by atoms with Gasteiger partial charge in [0.25, 0.3) is 0 Å². The standard InChI is InChI=1S/C16H16ClNO3S/c1-12(19)20-7-8-21-16-15(9-14(17)10-18-16)22-11-13-5-3-2-4-6-13/h2-6,9-10H,7-8,11H2,1H3. The normalized spacial score (nSPS) is 10.3. The van der Waals surface area contributed by atoms with E-state index in [0.29, 0.717) is 10.9 Å². The van der Waals surface area contributed by atoms with Crippen molar-refractivity contribution < 1.29 is 14.3 Å². The maximum atomic E-state index is 10.7. The number of nitrogens with zero attached hydrogens (tertiary/aromatic N) is 1. The van der Waals surface area contributed by atoms with Crippen molar-refractivity contribution in [2.45, 2.75) is 17.6 Å². The van der Waals surface area contributed by atoms with Crippen molar-refractivity contribution in [3.63, 3.8) is 0 Å². The molecule has 0 N–H and O–H groups in total. The SMILES string of the molecule is CC(=O)OCCOc1ncc(Cl)cc1SCc1ccccc1. The quantitative estimate of drug-likeness (QED) is 0.434. The molecule has 0 atom stereocenters. The van der Waals surface area contributed by atoms with Gasteiger partial charge in [-0.2, -0.15) is 0 Å². The average molecular weight is 338 g/mol. The molecule has 0 spiro atoms. The number of thioether (sulfide) groups is 1. The molecule has 116 valence electrons. The van der Waals surface area contributed by atoms with Crippen molar-refractivity contribution in [1.82, 2.24) is 4.98 Å². The number of carbonyl (C=O) groups excluding carboxylic acids is 1. The van der Waals surface area contributed by atoms with E-state index in [1.807, 2.05) is 24.3 Å². The van der Waals surface area contributed by atoms with Crippen LogP contribution in [0.15, 0.2) is 47.5 Å². The van der Waals surface area contributed by atoms with Crippen molar-refractivity contribution in [1.29, 1.82) is 0 Å². The fourth-order valence-corrected chi connectivity index (χ4v) is 2.86. The summed E-state index contributed by atoms with van der Waals surface area (Å²) in [4.78, 5) is 15.8. The lowest BCUT2D eigenvalue weighted by Crippen LogP contribution is -2.10. The van der Waals surface area contributed by atoms with Gasteiger partial charge in [0.2, 0.25) is 5.88 Å². The van der Waals surface area contributed by atoms with Gasteiger partial charge in [-0.05, 0) is 11.6 Å². The van der Waals surface area contributed by atoms with Crippen molar-refractivity contribution in [2.24, 2.45) is 0 Å². The minimum absolute atomic E-state index is 0.197. The van der Waals surface area contributed by atoms with Crippen LogP contribution in [0.1, 0.15) is 12.5 Å². The second kappa shape index (κ2) is 8.66. The van der Waals surface area contributed by atoms with E-state index in [-0.39, 0.29) is 19.2 Å². The van der Waals surface area contributed by atoms with E-state index in [0.717, 1.165) is 10.6 Å². The molecule has 0 aliphatic carbocycles. The molecule has 6 heteroatoms. The minimum atomic E-state index is -0.327. The zero-order valence-corrected chi connectivity index (χ0v) is 13.7. The molecule has 0 saturated heterocycles. The zero-order valence-electron chi connectivity index (χ0n) is 12.1. The minimum Gasteiger partial charge on any atom is -0.473 e. The fraction of sp³-hybridized carbons (Fsp3) is 0.250. The summed E-state index contributed by atoms with van der Waals surface area (Å²) in [5.74, 6) is 0.965. The summed E-state index contributed by atoms with van der Waals surface area (Å²) < 4.78 is 10.4. The number of benzene rings is 1. The molecule has 2 rings (SSSR count). The molecular formula is C16H16ClNO3S. The third-order valence-corrected chi connectivity index (χ3v) is 3.94. The lowest BCUT2D eigenvalue weighted by molar-refractivity contribution is -0.141. The van der Waals surface area contributed by atoms with Crippen LogP contribution in [0.2, 0.25) is 5.02 Å². The third-order valence-electron chi connectivity index (χ3n) is 2.65. The Morgan fingerprint density at radius 1 is 1.27 bits per heavy atom. The van der Waals surface area contributed by atoms with Gasteiger partial charge in [-0.3, -0.25) is 4.79 Å². The van der Waals surface area contributed by atoms with E-state index >= 15 is 0 Å². The van der Waals surface area contributed by atoms with E-state index in [2.05, 4.69) is 17.1 Å². The lowest BCUT2D eigenvalue weighted by Gasteiger charge is -2.10. The molecule has 4 nitrogen and oxygen atoms in total. The van der Waals surface area contributed by atoms with Gasteiger partial charge in [-0.15, -0.1) is 11.8 Å². The molecule has 0 aliphatic heterocycles. The molecule has 0 unspecified atom stereocenters. The molecule has 0 saturated carbocycles. The van der Waals surface area contributed by atoms with Crippen molar-refractivity contribution >= 4 is 29.3 Å². The van der Waals surface area contributed by atoms with Gasteiger partial charge in [-0.1, -0.05) is 41.9 Å². The van der Waals surface area contributed by atoms with E-state index in [1.165, 1.54) is 18.7 Å². The summed E-state index contributed by atoms with van der Waals surface area (Å²) in [6, 6.07) is 11.9. The van der Waals surface area contributed by atoms with Gasteiger partial charge in [-0.25, -0.2) is 4.98 Å². The van der Waals surface area contributed by atoms with E-state index < -0.39 is 0 Å². The van der Waals surface area contributed by atoms with E-state index in [9.17, 15) is 4.79 Å². The van der Waals surface area contributed by atoms with Gasteiger partial charge < -0.3 is 9.47 Å². The topological polar surface area (TPSA) is 48.4 Å². The molecule has 0 bridgehead atoms. The smallest absolute Gasteiger partial charge is 0.302 e. The number of esters is 1. The predicted octanol–water partition coefficient (Wildman–Crippen LogP) is 3.97. The second-order valence-corrected chi connectivity index (χ2v) is 5.87. The number of carbonyl (C=O) groups is 1. The van der Waals surface area contributed by atoms with Gasteiger partial charge in [0.15, 0.2) is 0 Å². The number of hydrogen-bond acceptors (Lipinski definition) is 5. The summed E-state index contributed by atoms with van der Waals surface area (Å²) in [6.45, 7) is 1.82. The van der Waals surface area contributed by atoms with E-state index in [4.69, 9.17) is 21.1 Å². The number of halogens is 1. The van der Waals surface area contributed by atoms with Crippen LogP contribution in [0.25, 0.3) is 0 Å². The lowest BCUT2D eigenvalue weighted by atomic mass is 10.2. The maximum Gasteiger partial charge on any atom is 0.302 e. The molecule has 0 amide bonds. The van der Waals surface area contributed by atoms with Crippen LogP contribution in [-0.2, 0) is 15.3 Å². The first kappa shape index (κ1) is 16.6. The molecule has 1 heterocycles. The second-order valence-electron chi connectivity index (χ2n) is 4.42. The predicted molar refractivity (Wildman–Crippen MR) is 87.4 cm³/mol. The Hall–Kier alpha value is -1.72. The fourth-order valence-electron chi connectivity index (χ4n) is 1.68. The van der Waals surface area contributed by atoms with Crippen LogP contribution in [0.4, 0.5) is 0 Å². The van der Waals surface area contributed by atoms with Gasteiger partial charge in [0.05, 0.1) is 9.92 Å². The van der Waals surface area contributed by atoms with Crippen LogP contribution >= 0.6 is 23.4 Å². The molecule has 22 heavy (non-hydrogen) atoms. The Labute approximate surface area is 138 Å². The number of ether oxygens (including phenoxy) is 2. The molecule has 0 fully saturated rings. The highest BCUT2D eigenvalue weighted by molar-refractivity contribution is 7.98. The van der Waals surface area contributed by atoms with Crippen molar-refractivity contribution in [3.05, 3.63) is 53.2 Å². The number of aromatic nitrogens is 1. The molecule has 1 aromatic carbocycles. The Bertz CT molecular complexity index is 622. The first-order chi connectivity index (χ1) is 10.6. The molecule has 1 aromatic heterocycles. The summed E-state index contributed by atoms with van der Waals surface area (Å²) in [7, 11) is 0. The molecular weight excluding hydrogens is 322 g/mol. The number of rotatable bonds is 7. The van der Waals surface area contributed by atoms with Gasteiger partial charge >= 0.3 is 5.97 Å². The summed E-state index contributed by atoms with van der Waals surface area (Å²) in [5.41, 5.74) is 1.21. The van der Waals surface area contributed by atoms with Crippen LogP contribution in [0, 0.1) is 0 Å². The summed E-state index contributed by atoms with van der Waals surface area (Å²) in [5, 5.41) is 0.558. The summed E-state index contributed by atoms with van der Waals surface area (Å²) in [6.07, 6.45) is 1.54. The molecule has 0 radical (unpaired) electrons. The first-order valence-electron chi connectivity index (χ1n) is 6.73. The Kier molecular flexibility index (Phi) is 6.55. The Balaban J connectivity index is 1.96. The highest BCUT2D eigenvalue weighted by atomic mass is 35.5. The van der Waals surface area contributed by atoms with Gasteiger partial charge in [0.1, 0.15) is 13.2 Å². The van der Waals surface area contributed by atoms with E-state index in [1.54, 1.807) is 11.8 Å². The Morgan fingerprint density at radius 2 is 2.05 bits per heavy atom. The third kappa shape index (κ3) is 5.58. The highest BCUT2D eigenvalue weighted by Crippen LogP contribution is 2.32. The van der Waals surface area contributed by atoms with Crippen LogP contribution in [0.5, 0.6) is 5.88 Å². The Morgan fingerprint density at radius 3 is 2.77 bits per heavy atom. The van der Waals surface area contributed by atoms with Gasteiger partial charge in [0, 0.05) is 18.9 Å².